The van der Waals surface area contributed by atoms with Gasteiger partial charge in [0, 0.05) is 24.0 Å². The van der Waals surface area contributed by atoms with Crippen LogP contribution < -0.4 is 15.4 Å². The van der Waals surface area contributed by atoms with Gasteiger partial charge in [0.1, 0.15) is 5.75 Å². The summed E-state index contributed by atoms with van der Waals surface area (Å²) in [7, 11) is 0. The van der Waals surface area contributed by atoms with Crippen molar-refractivity contribution >= 4 is 23.1 Å². The Morgan fingerprint density at radius 2 is 2.17 bits per heavy atom. The number of carbonyl (C=O) groups is 1. The van der Waals surface area contributed by atoms with Gasteiger partial charge in [-0.05, 0) is 25.5 Å². The second kappa shape index (κ2) is 8.42. The van der Waals surface area contributed by atoms with E-state index in [1.54, 1.807) is 23.5 Å². The number of para-hydroxylation sites is 2. The molecule has 0 atom stereocenters. The molecule has 0 spiro atoms. The fourth-order valence-electron chi connectivity index (χ4n) is 1.89. The summed E-state index contributed by atoms with van der Waals surface area (Å²) < 4.78 is 28.9. The molecule has 124 valence electrons. The molecule has 0 aliphatic carbocycles. The zero-order valence-corrected chi connectivity index (χ0v) is 13.3. The third kappa shape index (κ3) is 5.82. The van der Waals surface area contributed by atoms with Crippen LogP contribution in [0.4, 0.5) is 19.3 Å². The number of nitrogens with zero attached hydrogens (tertiary/aromatic N) is 1. The lowest BCUT2D eigenvalue weighted by Gasteiger charge is -2.12. The number of thiazole rings is 1. The summed E-state index contributed by atoms with van der Waals surface area (Å²) in [4.78, 5) is 16.1. The predicted molar refractivity (Wildman–Crippen MR) is 85.3 cm³/mol. The molecule has 2 N–H and O–H groups in total. The van der Waals surface area contributed by atoms with Gasteiger partial charge in [-0.3, -0.25) is 0 Å². The number of benzene rings is 1. The molecular formula is C15H17F2N3O2S. The van der Waals surface area contributed by atoms with Gasteiger partial charge in [-0.1, -0.05) is 12.1 Å². The van der Waals surface area contributed by atoms with Crippen molar-refractivity contribution in [3.63, 3.8) is 0 Å². The first-order valence-corrected chi connectivity index (χ1v) is 7.92. The number of halogens is 2. The maximum absolute atomic E-state index is 12.3. The summed E-state index contributed by atoms with van der Waals surface area (Å²) in [5.41, 5.74) is 1.19. The molecular weight excluding hydrogens is 324 g/mol. The first-order valence-electron chi connectivity index (χ1n) is 7.04. The first-order chi connectivity index (χ1) is 11.0. The Bertz CT molecular complexity index is 649. The first kappa shape index (κ1) is 17.1. The molecule has 1 aromatic heterocycles. The number of rotatable bonds is 7. The number of carbonyl (C=O) groups excluding carboxylic acids is 1. The molecule has 23 heavy (non-hydrogen) atoms. The topological polar surface area (TPSA) is 63.2 Å². The molecule has 0 saturated carbocycles. The van der Waals surface area contributed by atoms with Crippen LogP contribution in [0.5, 0.6) is 5.75 Å². The van der Waals surface area contributed by atoms with E-state index in [2.05, 4.69) is 20.4 Å². The van der Waals surface area contributed by atoms with Crippen LogP contribution in [0.2, 0.25) is 0 Å². The largest absolute Gasteiger partial charge is 0.433 e. The molecule has 0 bridgehead atoms. The Balaban J connectivity index is 1.76. The number of nitrogens with one attached hydrogen (secondary N) is 2. The van der Waals surface area contributed by atoms with Crippen molar-refractivity contribution < 1.29 is 18.3 Å². The number of urea groups is 1. The quantitative estimate of drug-likeness (QED) is 0.753. The fourth-order valence-corrected chi connectivity index (χ4v) is 2.71. The van der Waals surface area contributed by atoms with Crippen molar-refractivity contribution in [3.8, 4) is 5.75 Å². The average molecular weight is 341 g/mol. The molecule has 0 aliphatic rings. The number of hydrogen-bond acceptors (Lipinski definition) is 4. The second-order valence-electron chi connectivity index (χ2n) is 4.74. The van der Waals surface area contributed by atoms with Crippen LogP contribution in [0.25, 0.3) is 0 Å². The van der Waals surface area contributed by atoms with Gasteiger partial charge < -0.3 is 15.4 Å². The van der Waals surface area contributed by atoms with E-state index in [9.17, 15) is 13.6 Å². The van der Waals surface area contributed by atoms with Gasteiger partial charge in [-0.2, -0.15) is 8.78 Å². The van der Waals surface area contributed by atoms with Crippen molar-refractivity contribution in [2.75, 3.05) is 11.9 Å². The van der Waals surface area contributed by atoms with Crippen LogP contribution >= 0.6 is 11.3 Å². The predicted octanol–water partition coefficient (Wildman–Crippen LogP) is 3.81. The number of aromatic nitrogens is 1. The van der Waals surface area contributed by atoms with E-state index in [0.717, 1.165) is 23.5 Å². The molecule has 2 aromatic rings. The van der Waals surface area contributed by atoms with Crippen molar-refractivity contribution in [2.45, 2.75) is 26.4 Å². The number of aryl methyl sites for hydroxylation is 2. The van der Waals surface area contributed by atoms with Gasteiger partial charge in [0.05, 0.1) is 10.7 Å². The number of anilines is 1. The zero-order chi connectivity index (χ0) is 16.7. The molecule has 2 amide bonds. The van der Waals surface area contributed by atoms with Gasteiger partial charge in [0.2, 0.25) is 0 Å². The van der Waals surface area contributed by atoms with Gasteiger partial charge in [-0.15, -0.1) is 11.3 Å². The summed E-state index contributed by atoms with van der Waals surface area (Å²) in [6.07, 6.45) is 1.53. The Morgan fingerprint density at radius 3 is 2.87 bits per heavy atom. The molecule has 0 unspecified atom stereocenters. The second-order valence-corrected chi connectivity index (χ2v) is 5.68. The minimum Gasteiger partial charge on any atom is -0.433 e. The van der Waals surface area contributed by atoms with E-state index in [-0.39, 0.29) is 11.4 Å². The summed E-state index contributed by atoms with van der Waals surface area (Å²) in [6, 6.07) is 5.57. The summed E-state index contributed by atoms with van der Waals surface area (Å²) in [6.45, 7) is -0.546. The van der Waals surface area contributed by atoms with Crippen LogP contribution in [-0.4, -0.2) is 24.2 Å². The van der Waals surface area contributed by atoms with Gasteiger partial charge in [0.25, 0.3) is 0 Å². The third-order valence-electron chi connectivity index (χ3n) is 2.87. The molecule has 2 rings (SSSR count). The lowest BCUT2D eigenvalue weighted by atomic mass is 10.3. The number of ether oxygens (including phenoxy) is 1. The summed E-state index contributed by atoms with van der Waals surface area (Å²) in [5, 5.41) is 8.18. The highest BCUT2D eigenvalue weighted by molar-refractivity contribution is 7.09. The van der Waals surface area contributed by atoms with E-state index in [1.165, 1.54) is 12.1 Å². The molecule has 1 heterocycles. The highest BCUT2D eigenvalue weighted by atomic mass is 32.1. The van der Waals surface area contributed by atoms with Crippen molar-refractivity contribution in [2.24, 2.45) is 0 Å². The van der Waals surface area contributed by atoms with Crippen LogP contribution in [0.1, 0.15) is 17.1 Å². The van der Waals surface area contributed by atoms with E-state index >= 15 is 0 Å². The third-order valence-corrected chi connectivity index (χ3v) is 3.90. The van der Waals surface area contributed by atoms with Crippen molar-refractivity contribution in [1.29, 1.82) is 0 Å². The van der Waals surface area contributed by atoms with E-state index in [4.69, 9.17) is 0 Å². The normalized spacial score (nSPS) is 10.6. The smallest absolute Gasteiger partial charge is 0.387 e. The van der Waals surface area contributed by atoms with E-state index in [0.29, 0.717) is 6.54 Å². The lowest BCUT2D eigenvalue weighted by Crippen LogP contribution is -2.30. The average Bonchev–Trinajstić information content (AvgIpc) is 2.91. The van der Waals surface area contributed by atoms with Crippen molar-refractivity contribution in [3.05, 3.63) is 40.3 Å². The molecule has 1 aromatic carbocycles. The standard InChI is InChI=1S/C15H17F2N3O2S/c1-10-9-23-13(19-10)7-4-8-18-15(21)20-11-5-2-3-6-12(11)22-14(16)17/h2-3,5-6,9,14H,4,7-8H2,1H3,(H2,18,20,21). The van der Waals surface area contributed by atoms with Crippen LogP contribution in [0.3, 0.4) is 0 Å². The monoisotopic (exact) mass is 341 g/mol. The summed E-state index contributed by atoms with van der Waals surface area (Å²) >= 11 is 1.59. The van der Waals surface area contributed by atoms with Crippen LogP contribution in [0, 0.1) is 6.92 Å². The van der Waals surface area contributed by atoms with Crippen LogP contribution in [-0.2, 0) is 6.42 Å². The Hall–Kier alpha value is -2.22. The minimum absolute atomic E-state index is 0.0732. The zero-order valence-electron chi connectivity index (χ0n) is 12.5. The Kier molecular flexibility index (Phi) is 6.28. The van der Waals surface area contributed by atoms with Gasteiger partial charge in [-0.25, -0.2) is 9.78 Å². The number of amides is 2. The van der Waals surface area contributed by atoms with Crippen molar-refractivity contribution in [1.82, 2.24) is 10.3 Å². The highest BCUT2D eigenvalue weighted by Crippen LogP contribution is 2.25. The van der Waals surface area contributed by atoms with Crippen LogP contribution in [0.15, 0.2) is 29.6 Å². The lowest BCUT2D eigenvalue weighted by molar-refractivity contribution is -0.0493. The number of hydrogen-bond donors (Lipinski definition) is 2. The minimum atomic E-state index is -2.94. The molecule has 0 radical (unpaired) electrons. The molecule has 0 fully saturated rings. The Labute approximate surface area is 136 Å². The summed E-state index contributed by atoms with van der Waals surface area (Å²) in [5.74, 6) is -0.0732. The Morgan fingerprint density at radius 1 is 1.39 bits per heavy atom. The highest BCUT2D eigenvalue weighted by Gasteiger charge is 2.11. The molecule has 8 heteroatoms. The maximum atomic E-state index is 12.3. The van der Waals surface area contributed by atoms with Gasteiger partial charge in [0.15, 0.2) is 0 Å². The number of alkyl halides is 2. The maximum Gasteiger partial charge on any atom is 0.387 e. The van der Waals surface area contributed by atoms with E-state index in [1.807, 2.05) is 12.3 Å². The molecule has 0 saturated heterocycles. The molecule has 5 nitrogen and oxygen atoms in total. The SMILES string of the molecule is Cc1csc(CCCNC(=O)Nc2ccccc2OC(F)F)n1. The van der Waals surface area contributed by atoms with Gasteiger partial charge >= 0.3 is 12.6 Å². The fraction of sp³-hybridized carbons (Fsp3) is 0.333. The molecule has 0 aliphatic heterocycles. The van der Waals surface area contributed by atoms with E-state index < -0.39 is 12.6 Å².